The van der Waals surface area contributed by atoms with Crippen molar-refractivity contribution >= 4 is 22.4 Å². The van der Waals surface area contributed by atoms with Gasteiger partial charge in [-0.25, -0.2) is 9.50 Å². The Hall–Kier alpha value is -2.99. The molecule has 0 atom stereocenters. The molecule has 136 valence electrons. The second-order valence-corrected chi connectivity index (χ2v) is 7.31. The lowest BCUT2D eigenvalue weighted by molar-refractivity contribution is 0.409. The third-order valence-electron chi connectivity index (χ3n) is 5.44. The zero-order valence-corrected chi connectivity index (χ0v) is 15.0. The number of nitrogens with one attached hydrogen (secondary N) is 1. The summed E-state index contributed by atoms with van der Waals surface area (Å²) >= 11 is 0. The Labute approximate surface area is 157 Å². The van der Waals surface area contributed by atoms with E-state index in [9.17, 15) is 0 Å². The maximum Gasteiger partial charge on any atom is 0.241 e. The van der Waals surface area contributed by atoms with Gasteiger partial charge in [0, 0.05) is 35.4 Å². The summed E-state index contributed by atoms with van der Waals surface area (Å²) in [6.07, 6.45) is 9.97. The highest BCUT2D eigenvalue weighted by Gasteiger charge is 2.19. The number of fused-ring (bicyclic) bond motifs is 2. The van der Waals surface area contributed by atoms with Crippen molar-refractivity contribution in [2.24, 2.45) is 5.73 Å². The van der Waals surface area contributed by atoms with Crippen LogP contribution in [0.25, 0.3) is 27.5 Å². The average molecular weight is 358 g/mol. The van der Waals surface area contributed by atoms with Gasteiger partial charge in [-0.15, -0.1) is 5.10 Å². The lowest BCUT2D eigenvalue weighted by Crippen LogP contribution is -2.33. The van der Waals surface area contributed by atoms with Crippen LogP contribution in [0.1, 0.15) is 25.7 Å². The highest BCUT2D eigenvalue weighted by Crippen LogP contribution is 2.28. The Balaban J connectivity index is 1.44. The molecule has 1 aliphatic carbocycles. The van der Waals surface area contributed by atoms with Gasteiger partial charge in [-0.05, 0) is 55.5 Å². The quantitative estimate of drug-likeness (QED) is 0.584. The highest BCUT2D eigenvalue weighted by atomic mass is 15.3. The second-order valence-electron chi connectivity index (χ2n) is 7.31. The lowest BCUT2D eigenvalue weighted by atomic mass is 9.92. The Morgan fingerprint density at radius 1 is 1.04 bits per heavy atom. The number of hydrogen-bond donors (Lipinski definition) is 2. The summed E-state index contributed by atoms with van der Waals surface area (Å²) in [6.45, 7) is 0. The normalized spacial score (nSPS) is 20.2. The molecule has 4 aromatic rings. The van der Waals surface area contributed by atoms with Gasteiger partial charge in [0.15, 0.2) is 0 Å². The first kappa shape index (κ1) is 16.2. The van der Waals surface area contributed by atoms with E-state index in [0.29, 0.717) is 18.0 Å². The summed E-state index contributed by atoms with van der Waals surface area (Å²) < 4.78 is 1.90. The fourth-order valence-corrected chi connectivity index (χ4v) is 3.90. The molecule has 6 nitrogen and oxygen atoms in total. The van der Waals surface area contributed by atoms with E-state index >= 15 is 0 Å². The first-order valence-corrected chi connectivity index (χ1v) is 9.48. The summed E-state index contributed by atoms with van der Waals surface area (Å²) in [5.74, 6) is 0.674. The first-order chi connectivity index (χ1) is 13.3. The molecule has 27 heavy (non-hydrogen) atoms. The molecule has 0 unspecified atom stereocenters. The number of nitrogens with zero attached hydrogens (tertiary/aromatic N) is 4. The third-order valence-corrected chi connectivity index (χ3v) is 5.44. The van der Waals surface area contributed by atoms with Crippen molar-refractivity contribution in [1.82, 2.24) is 19.6 Å². The molecule has 0 bridgehead atoms. The van der Waals surface area contributed by atoms with E-state index in [-0.39, 0.29) is 0 Å². The van der Waals surface area contributed by atoms with E-state index in [0.717, 1.165) is 53.2 Å². The van der Waals surface area contributed by atoms with Crippen LogP contribution in [0.3, 0.4) is 0 Å². The fraction of sp³-hybridized carbons (Fsp3) is 0.286. The van der Waals surface area contributed by atoms with Crippen LogP contribution < -0.4 is 11.1 Å². The standard InChI is InChI=1S/C21H22N6/c22-16-4-6-17(7-5-16)25-21-24-13-20-18(9-11-27(20)26-21)14-3-8-19-15(12-14)2-1-10-23-19/h1-3,8-13,16-17H,4-7,22H2,(H,25,26)/t16-,17+. The smallest absolute Gasteiger partial charge is 0.241 e. The largest absolute Gasteiger partial charge is 0.350 e. The predicted octanol–water partition coefficient (Wildman–Crippen LogP) is 3.63. The van der Waals surface area contributed by atoms with Crippen LogP contribution in [-0.2, 0) is 0 Å². The molecule has 1 aromatic carbocycles. The van der Waals surface area contributed by atoms with Gasteiger partial charge in [0.1, 0.15) is 0 Å². The van der Waals surface area contributed by atoms with E-state index in [1.54, 1.807) is 0 Å². The molecule has 3 aromatic heterocycles. The van der Waals surface area contributed by atoms with Crippen LogP contribution in [0.4, 0.5) is 5.95 Å². The summed E-state index contributed by atoms with van der Waals surface area (Å²) in [7, 11) is 0. The summed E-state index contributed by atoms with van der Waals surface area (Å²) in [4.78, 5) is 8.95. The van der Waals surface area contributed by atoms with Crippen LogP contribution >= 0.6 is 0 Å². The number of rotatable bonds is 3. The summed E-state index contributed by atoms with van der Waals surface area (Å²) in [6, 6.07) is 13.2. The van der Waals surface area contributed by atoms with E-state index in [1.165, 1.54) is 0 Å². The van der Waals surface area contributed by atoms with E-state index in [1.807, 2.05) is 29.2 Å². The lowest BCUT2D eigenvalue weighted by Gasteiger charge is -2.26. The van der Waals surface area contributed by atoms with Crippen LogP contribution in [-0.4, -0.2) is 31.7 Å². The first-order valence-electron chi connectivity index (χ1n) is 9.48. The molecule has 1 fully saturated rings. The number of pyridine rings is 1. The molecular formula is C21H22N6. The van der Waals surface area contributed by atoms with Crippen LogP contribution in [0.15, 0.2) is 55.0 Å². The minimum absolute atomic E-state index is 0.343. The van der Waals surface area contributed by atoms with Gasteiger partial charge in [0.05, 0.1) is 17.2 Å². The van der Waals surface area contributed by atoms with Gasteiger partial charge >= 0.3 is 0 Å². The highest BCUT2D eigenvalue weighted by molar-refractivity contribution is 5.88. The van der Waals surface area contributed by atoms with Crippen molar-refractivity contribution in [3.8, 4) is 11.1 Å². The van der Waals surface area contributed by atoms with Crippen LogP contribution in [0.5, 0.6) is 0 Å². The summed E-state index contributed by atoms with van der Waals surface area (Å²) in [5, 5.41) is 9.24. The Bertz CT molecular complexity index is 1090. The van der Waals surface area contributed by atoms with Crippen molar-refractivity contribution in [2.75, 3.05) is 5.32 Å². The number of hydrogen-bond acceptors (Lipinski definition) is 5. The molecule has 1 saturated carbocycles. The molecule has 6 heteroatoms. The van der Waals surface area contributed by atoms with Crippen LogP contribution in [0, 0.1) is 0 Å². The van der Waals surface area contributed by atoms with Crippen LogP contribution in [0.2, 0.25) is 0 Å². The monoisotopic (exact) mass is 358 g/mol. The van der Waals surface area contributed by atoms with Gasteiger partial charge in [0.25, 0.3) is 0 Å². The maximum atomic E-state index is 5.99. The number of aromatic nitrogens is 4. The number of nitrogens with two attached hydrogens (primary N) is 1. The Kier molecular flexibility index (Phi) is 3.98. The van der Waals surface area contributed by atoms with Crippen molar-refractivity contribution in [1.29, 1.82) is 0 Å². The van der Waals surface area contributed by atoms with Crippen molar-refractivity contribution in [3.63, 3.8) is 0 Å². The molecule has 0 radical (unpaired) electrons. The molecule has 1 aliphatic rings. The minimum Gasteiger partial charge on any atom is -0.350 e. The molecule has 0 spiro atoms. The van der Waals surface area contributed by atoms with Crippen molar-refractivity contribution < 1.29 is 0 Å². The Morgan fingerprint density at radius 3 is 2.81 bits per heavy atom. The predicted molar refractivity (Wildman–Crippen MR) is 108 cm³/mol. The average Bonchev–Trinajstić information content (AvgIpc) is 3.12. The van der Waals surface area contributed by atoms with Gasteiger partial charge in [0.2, 0.25) is 5.95 Å². The third kappa shape index (κ3) is 3.13. The van der Waals surface area contributed by atoms with E-state index in [2.05, 4.69) is 50.7 Å². The van der Waals surface area contributed by atoms with E-state index in [4.69, 9.17) is 5.73 Å². The minimum atomic E-state index is 0.343. The number of anilines is 1. The molecule has 0 aliphatic heterocycles. The topological polar surface area (TPSA) is 81.1 Å². The zero-order valence-electron chi connectivity index (χ0n) is 15.0. The van der Waals surface area contributed by atoms with E-state index < -0.39 is 0 Å². The molecule has 0 saturated heterocycles. The Morgan fingerprint density at radius 2 is 1.93 bits per heavy atom. The molecular weight excluding hydrogens is 336 g/mol. The second kappa shape index (κ2) is 6.63. The van der Waals surface area contributed by atoms with Crippen molar-refractivity contribution in [3.05, 3.63) is 55.0 Å². The molecule has 3 heterocycles. The molecule has 0 amide bonds. The SMILES string of the molecule is N[C@H]1CC[C@@H](Nc2ncc3c(-c4ccc5ncccc5c4)ccn3n2)CC1. The van der Waals surface area contributed by atoms with Gasteiger partial charge in [-0.1, -0.05) is 12.1 Å². The van der Waals surface area contributed by atoms with Gasteiger partial charge < -0.3 is 11.1 Å². The molecule has 5 rings (SSSR count). The van der Waals surface area contributed by atoms with Gasteiger partial charge in [-0.2, -0.15) is 0 Å². The summed E-state index contributed by atoms with van der Waals surface area (Å²) in [5.41, 5.74) is 10.2. The fourth-order valence-electron chi connectivity index (χ4n) is 3.90. The molecule has 3 N–H and O–H groups in total. The maximum absolute atomic E-state index is 5.99. The van der Waals surface area contributed by atoms with Gasteiger partial charge in [-0.3, -0.25) is 4.98 Å². The zero-order chi connectivity index (χ0) is 18.2. The van der Waals surface area contributed by atoms with Crippen molar-refractivity contribution in [2.45, 2.75) is 37.8 Å². The number of benzene rings is 1.